The second-order valence-corrected chi connectivity index (χ2v) is 3.65. The number of hydrogen-bond donors (Lipinski definition) is 2. The zero-order chi connectivity index (χ0) is 11.9. The molecule has 0 aliphatic carbocycles. The maximum atomic E-state index is 11.2. The van der Waals surface area contributed by atoms with Gasteiger partial charge in [0.2, 0.25) is 5.28 Å². The fraction of sp³-hybridized carbons (Fsp3) is 0.125. The SMILES string of the molecule is CB(O)n1c(C(N)=O)cc2cnc(Cl)nc21. The van der Waals surface area contributed by atoms with Crippen molar-refractivity contribution in [3.05, 3.63) is 23.2 Å². The first-order chi connectivity index (χ1) is 7.50. The first-order valence-corrected chi connectivity index (χ1v) is 4.90. The number of amides is 1. The van der Waals surface area contributed by atoms with E-state index in [9.17, 15) is 9.82 Å². The topological polar surface area (TPSA) is 94.0 Å². The molecule has 0 fully saturated rings. The summed E-state index contributed by atoms with van der Waals surface area (Å²) in [6.07, 6.45) is 1.47. The molecule has 0 aromatic carbocycles. The minimum absolute atomic E-state index is 0.0449. The third-order valence-electron chi connectivity index (χ3n) is 2.17. The van der Waals surface area contributed by atoms with Gasteiger partial charge in [-0.25, -0.2) is 9.97 Å². The molecule has 1 amide bonds. The number of carbonyl (C=O) groups excluding carboxylic acids is 1. The van der Waals surface area contributed by atoms with E-state index in [4.69, 9.17) is 17.3 Å². The maximum absolute atomic E-state index is 11.2. The molecule has 0 aliphatic rings. The van der Waals surface area contributed by atoms with Gasteiger partial charge in [-0.1, -0.05) is 0 Å². The molecule has 2 heterocycles. The molecule has 3 N–H and O–H groups in total. The van der Waals surface area contributed by atoms with E-state index in [0.717, 1.165) is 0 Å². The molecule has 0 saturated heterocycles. The van der Waals surface area contributed by atoms with E-state index in [1.165, 1.54) is 23.6 Å². The van der Waals surface area contributed by atoms with E-state index >= 15 is 0 Å². The van der Waals surface area contributed by atoms with Crippen LogP contribution in [-0.2, 0) is 0 Å². The van der Waals surface area contributed by atoms with E-state index in [1.54, 1.807) is 0 Å². The number of carbonyl (C=O) groups is 1. The van der Waals surface area contributed by atoms with Gasteiger partial charge in [0, 0.05) is 11.6 Å². The first kappa shape index (κ1) is 10.9. The van der Waals surface area contributed by atoms with Gasteiger partial charge in [0.25, 0.3) is 5.91 Å². The summed E-state index contributed by atoms with van der Waals surface area (Å²) in [5, 5.41) is 10.2. The predicted octanol–water partition coefficient (Wildman–Crippen LogP) is 0.142. The van der Waals surface area contributed by atoms with Crippen molar-refractivity contribution >= 4 is 35.6 Å². The van der Waals surface area contributed by atoms with Crippen LogP contribution in [-0.4, -0.2) is 32.4 Å². The van der Waals surface area contributed by atoms with Gasteiger partial charge in [0.05, 0.1) is 5.69 Å². The summed E-state index contributed by atoms with van der Waals surface area (Å²) in [5.41, 5.74) is 5.75. The van der Waals surface area contributed by atoms with E-state index in [0.29, 0.717) is 11.0 Å². The molecule has 82 valence electrons. The average molecular weight is 238 g/mol. The van der Waals surface area contributed by atoms with Crippen molar-refractivity contribution in [1.29, 1.82) is 0 Å². The molecule has 2 rings (SSSR count). The van der Waals surface area contributed by atoms with Gasteiger partial charge in [0.15, 0.2) is 0 Å². The molecule has 0 radical (unpaired) electrons. The Balaban J connectivity index is 2.82. The molecular weight excluding hydrogens is 230 g/mol. The lowest BCUT2D eigenvalue weighted by Crippen LogP contribution is -2.27. The number of fused-ring (bicyclic) bond motifs is 1. The standard InChI is InChI=1S/C8H8BClN4O2/c1-9(16)14-5(6(11)15)2-4-3-12-8(10)13-7(4)14/h2-3,16H,1H3,(H2,11,15). The fourth-order valence-electron chi connectivity index (χ4n) is 1.56. The van der Waals surface area contributed by atoms with Crippen LogP contribution in [0.15, 0.2) is 12.3 Å². The highest BCUT2D eigenvalue weighted by molar-refractivity contribution is 6.49. The molecule has 16 heavy (non-hydrogen) atoms. The second kappa shape index (κ2) is 3.77. The van der Waals surface area contributed by atoms with Gasteiger partial charge in [0.1, 0.15) is 5.65 Å². The Hall–Kier alpha value is -1.60. The summed E-state index contributed by atoms with van der Waals surface area (Å²) in [4.78, 5) is 18.9. The second-order valence-electron chi connectivity index (χ2n) is 3.31. The van der Waals surface area contributed by atoms with Crippen LogP contribution in [0.2, 0.25) is 12.1 Å². The summed E-state index contributed by atoms with van der Waals surface area (Å²) in [6.45, 7) is 1.50. The van der Waals surface area contributed by atoms with Crippen molar-refractivity contribution < 1.29 is 9.82 Å². The minimum Gasteiger partial charge on any atom is -0.432 e. The molecule has 0 bridgehead atoms. The average Bonchev–Trinajstić information content (AvgIpc) is 2.55. The Labute approximate surface area is 96.2 Å². The Bertz CT molecular complexity index is 568. The van der Waals surface area contributed by atoms with Crippen LogP contribution in [0.1, 0.15) is 10.5 Å². The molecule has 2 aromatic heterocycles. The number of halogens is 1. The largest absolute Gasteiger partial charge is 0.432 e. The van der Waals surface area contributed by atoms with E-state index < -0.39 is 13.0 Å². The number of primary amides is 1. The van der Waals surface area contributed by atoms with Crippen molar-refractivity contribution in [2.24, 2.45) is 5.73 Å². The quantitative estimate of drug-likeness (QED) is 0.575. The number of hydrogen-bond acceptors (Lipinski definition) is 4. The molecule has 0 aliphatic heterocycles. The highest BCUT2D eigenvalue weighted by Crippen LogP contribution is 2.18. The summed E-state index contributed by atoms with van der Waals surface area (Å²) < 4.78 is 1.31. The molecule has 8 heteroatoms. The summed E-state index contributed by atoms with van der Waals surface area (Å²) in [5.74, 6) is -0.643. The van der Waals surface area contributed by atoms with Crippen LogP contribution in [0.3, 0.4) is 0 Å². The molecule has 0 saturated carbocycles. The number of nitrogens with zero attached hydrogens (tertiary/aromatic N) is 3. The van der Waals surface area contributed by atoms with E-state index in [2.05, 4.69) is 9.97 Å². The van der Waals surface area contributed by atoms with E-state index in [1.807, 2.05) is 0 Å². The first-order valence-electron chi connectivity index (χ1n) is 4.52. The van der Waals surface area contributed by atoms with Gasteiger partial charge < -0.3 is 15.2 Å². The zero-order valence-corrected chi connectivity index (χ0v) is 9.14. The summed E-state index contributed by atoms with van der Waals surface area (Å²) in [7, 11) is -0.925. The van der Waals surface area contributed by atoms with E-state index in [-0.39, 0.29) is 11.0 Å². The predicted molar refractivity (Wildman–Crippen MR) is 60.3 cm³/mol. The Kier molecular flexibility index (Phi) is 2.57. The van der Waals surface area contributed by atoms with Crippen molar-refractivity contribution in [3.8, 4) is 0 Å². The van der Waals surface area contributed by atoms with Crippen LogP contribution >= 0.6 is 11.6 Å². The van der Waals surface area contributed by atoms with Gasteiger partial charge in [-0.15, -0.1) is 0 Å². The van der Waals surface area contributed by atoms with Gasteiger partial charge in [-0.3, -0.25) is 4.79 Å². The number of rotatable bonds is 2. The molecule has 0 spiro atoms. The highest BCUT2D eigenvalue weighted by Gasteiger charge is 2.20. The van der Waals surface area contributed by atoms with Crippen LogP contribution in [0.4, 0.5) is 0 Å². The third kappa shape index (κ3) is 1.64. The van der Waals surface area contributed by atoms with Gasteiger partial charge >= 0.3 is 7.05 Å². The lowest BCUT2D eigenvalue weighted by atomic mass is 9.87. The summed E-state index contributed by atoms with van der Waals surface area (Å²) >= 11 is 5.65. The smallest absolute Gasteiger partial charge is 0.415 e. The summed E-state index contributed by atoms with van der Waals surface area (Å²) in [6, 6.07) is 1.51. The van der Waals surface area contributed by atoms with Crippen LogP contribution < -0.4 is 5.73 Å². The molecule has 2 aromatic rings. The van der Waals surface area contributed by atoms with Crippen molar-refractivity contribution in [2.45, 2.75) is 6.82 Å². The van der Waals surface area contributed by atoms with Crippen LogP contribution in [0.5, 0.6) is 0 Å². The Morgan fingerprint density at radius 2 is 2.38 bits per heavy atom. The van der Waals surface area contributed by atoms with Crippen LogP contribution in [0, 0.1) is 0 Å². The molecule has 6 nitrogen and oxygen atoms in total. The van der Waals surface area contributed by atoms with Crippen molar-refractivity contribution in [2.75, 3.05) is 0 Å². The van der Waals surface area contributed by atoms with Crippen molar-refractivity contribution in [3.63, 3.8) is 0 Å². The highest BCUT2D eigenvalue weighted by atomic mass is 35.5. The molecular formula is C8H8BClN4O2. The molecule has 0 unspecified atom stereocenters. The maximum Gasteiger partial charge on any atom is 0.415 e. The number of nitrogens with two attached hydrogens (primary N) is 1. The zero-order valence-electron chi connectivity index (χ0n) is 8.38. The lowest BCUT2D eigenvalue weighted by molar-refractivity contribution is 0.0994. The van der Waals surface area contributed by atoms with Gasteiger partial charge in [-0.2, -0.15) is 0 Å². The Morgan fingerprint density at radius 1 is 1.69 bits per heavy atom. The lowest BCUT2D eigenvalue weighted by Gasteiger charge is -2.07. The van der Waals surface area contributed by atoms with Gasteiger partial charge in [-0.05, 0) is 24.5 Å². The van der Waals surface area contributed by atoms with Crippen molar-refractivity contribution in [1.82, 2.24) is 14.4 Å². The molecule has 0 atom stereocenters. The number of aromatic nitrogens is 3. The monoisotopic (exact) mass is 238 g/mol. The normalized spacial score (nSPS) is 10.7. The Morgan fingerprint density at radius 3 is 2.94 bits per heavy atom. The minimum atomic E-state index is -0.925. The third-order valence-corrected chi connectivity index (χ3v) is 2.35. The van der Waals surface area contributed by atoms with Crippen LogP contribution in [0.25, 0.3) is 11.0 Å². The fourth-order valence-corrected chi connectivity index (χ4v) is 1.68.